The van der Waals surface area contributed by atoms with Gasteiger partial charge in [0.25, 0.3) is 5.91 Å². The van der Waals surface area contributed by atoms with Crippen LogP contribution < -0.4 is 0 Å². The van der Waals surface area contributed by atoms with Gasteiger partial charge in [0.1, 0.15) is 11.5 Å². The number of aryl methyl sites for hydroxylation is 2. The fraction of sp³-hybridized carbons (Fsp3) is 0.421. The summed E-state index contributed by atoms with van der Waals surface area (Å²) in [5.41, 5.74) is 0.930. The molecule has 0 radical (unpaired) electrons. The van der Waals surface area contributed by atoms with Crippen molar-refractivity contribution in [3.63, 3.8) is 0 Å². The highest BCUT2D eigenvalue weighted by Gasteiger charge is 2.25. The minimum atomic E-state index is -0.0737. The second kappa shape index (κ2) is 7.92. The van der Waals surface area contributed by atoms with E-state index in [1.54, 1.807) is 16.9 Å². The molecule has 28 heavy (non-hydrogen) atoms. The van der Waals surface area contributed by atoms with Crippen LogP contribution in [0, 0.1) is 13.8 Å². The molecule has 8 nitrogen and oxygen atoms in total. The van der Waals surface area contributed by atoms with Crippen molar-refractivity contribution >= 4 is 21.8 Å². The van der Waals surface area contributed by atoms with E-state index in [0.717, 1.165) is 34.9 Å². The molecule has 1 fully saturated rings. The molecule has 0 aliphatic carbocycles. The number of hydrogen-bond acceptors (Lipinski definition) is 6. The third kappa shape index (κ3) is 4.20. The number of oxazole rings is 1. The van der Waals surface area contributed by atoms with E-state index >= 15 is 0 Å². The Morgan fingerprint density at radius 1 is 1.14 bits per heavy atom. The summed E-state index contributed by atoms with van der Waals surface area (Å²) in [7, 11) is 0. The number of rotatable bonds is 5. The van der Waals surface area contributed by atoms with Gasteiger partial charge in [-0.15, -0.1) is 0 Å². The molecule has 148 valence electrons. The van der Waals surface area contributed by atoms with Gasteiger partial charge in [-0.1, -0.05) is 0 Å². The minimum absolute atomic E-state index is 0.0737. The molecular formula is C19H22BrN5O3. The predicted octanol–water partition coefficient (Wildman–Crippen LogP) is 2.85. The summed E-state index contributed by atoms with van der Waals surface area (Å²) in [6.45, 7) is 7.89. The molecule has 4 heterocycles. The summed E-state index contributed by atoms with van der Waals surface area (Å²) in [5.74, 6) is 2.59. The normalized spacial score (nSPS) is 15.3. The van der Waals surface area contributed by atoms with Crippen molar-refractivity contribution < 1.29 is 13.6 Å². The molecule has 9 heteroatoms. The van der Waals surface area contributed by atoms with E-state index < -0.39 is 0 Å². The number of furan rings is 1. The van der Waals surface area contributed by atoms with Crippen LogP contribution in [0.25, 0.3) is 0 Å². The molecule has 3 aromatic heterocycles. The smallest absolute Gasteiger partial charge is 0.289 e. The van der Waals surface area contributed by atoms with Crippen molar-refractivity contribution in [3.8, 4) is 0 Å². The standard InChI is InChI=1S/C19H22BrN5O3/c1-13-14(2)27-18(22-13)12-23-5-7-24(8-6-23)19(26)17-4-3-16(28-17)11-25-10-15(20)9-21-25/h3-4,9-10H,5-8,11-12H2,1-2H3. The fourth-order valence-corrected chi connectivity index (χ4v) is 3.55. The van der Waals surface area contributed by atoms with Gasteiger partial charge < -0.3 is 13.7 Å². The zero-order chi connectivity index (χ0) is 19.7. The SMILES string of the molecule is Cc1nc(CN2CCN(C(=O)c3ccc(Cn4cc(Br)cn4)o3)CC2)oc1C. The number of carbonyl (C=O) groups is 1. The van der Waals surface area contributed by atoms with Gasteiger partial charge in [0.05, 0.1) is 29.5 Å². The zero-order valence-corrected chi connectivity index (χ0v) is 17.5. The molecule has 3 aromatic rings. The Morgan fingerprint density at radius 3 is 2.57 bits per heavy atom. The van der Waals surface area contributed by atoms with Gasteiger partial charge in [0, 0.05) is 32.4 Å². The Labute approximate surface area is 171 Å². The van der Waals surface area contributed by atoms with Crippen LogP contribution in [0.1, 0.15) is 33.7 Å². The van der Waals surface area contributed by atoms with Crippen molar-refractivity contribution in [1.82, 2.24) is 24.6 Å². The van der Waals surface area contributed by atoms with Crippen LogP contribution in [0.15, 0.2) is 37.8 Å². The Kier molecular flexibility index (Phi) is 5.36. The first-order valence-corrected chi connectivity index (χ1v) is 9.98. The number of nitrogens with zero attached hydrogens (tertiary/aromatic N) is 5. The van der Waals surface area contributed by atoms with Gasteiger partial charge in [-0.25, -0.2) is 4.98 Å². The van der Waals surface area contributed by atoms with E-state index in [1.807, 2.05) is 31.0 Å². The molecule has 0 N–H and O–H groups in total. The lowest BCUT2D eigenvalue weighted by Gasteiger charge is -2.33. The number of amides is 1. The first-order valence-electron chi connectivity index (χ1n) is 9.19. The maximum atomic E-state index is 12.7. The highest BCUT2D eigenvalue weighted by atomic mass is 79.9. The van der Waals surface area contributed by atoms with E-state index in [4.69, 9.17) is 8.83 Å². The Morgan fingerprint density at radius 2 is 1.93 bits per heavy atom. The fourth-order valence-electron chi connectivity index (χ4n) is 3.23. The average Bonchev–Trinajstić information content (AvgIpc) is 3.37. The van der Waals surface area contributed by atoms with Crippen LogP contribution in [0.4, 0.5) is 0 Å². The van der Waals surface area contributed by atoms with Gasteiger partial charge in [-0.05, 0) is 41.9 Å². The molecule has 1 saturated heterocycles. The average molecular weight is 448 g/mol. The second-order valence-electron chi connectivity index (χ2n) is 6.94. The third-order valence-corrected chi connectivity index (χ3v) is 5.29. The van der Waals surface area contributed by atoms with Crippen LogP contribution in [0.5, 0.6) is 0 Å². The number of hydrogen-bond donors (Lipinski definition) is 0. The molecule has 0 saturated carbocycles. The Balaban J connectivity index is 1.31. The number of aromatic nitrogens is 3. The minimum Gasteiger partial charge on any atom is -0.454 e. The first-order chi connectivity index (χ1) is 13.5. The summed E-state index contributed by atoms with van der Waals surface area (Å²) in [6, 6.07) is 3.56. The maximum Gasteiger partial charge on any atom is 0.289 e. The highest BCUT2D eigenvalue weighted by Crippen LogP contribution is 2.16. The third-order valence-electron chi connectivity index (χ3n) is 4.88. The maximum absolute atomic E-state index is 12.7. The first kappa shape index (κ1) is 18.9. The molecule has 0 bridgehead atoms. The van der Waals surface area contributed by atoms with Gasteiger partial charge in [-0.2, -0.15) is 5.10 Å². The summed E-state index contributed by atoms with van der Waals surface area (Å²) in [5, 5.41) is 4.20. The monoisotopic (exact) mass is 447 g/mol. The van der Waals surface area contributed by atoms with E-state index in [1.165, 1.54) is 0 Å². The van der Waals surface area contributed by atoms with Crippen LogP contribution in [0.3, 0.4) is 0 Å². The molecular weight excluding hydrogens is 426 g/mol. The van der Waals surface area contributed by atoms with E-state index in [-0.39, 0.29) is 5.91 Å². The van der Waals surface area contributed by atoms with Crippen LogP contribution >= 0.6 is 15.9 Å². The molecule has 0 aromatic carbocycles. The zero-order valence-electron chi connectivity index (χ0n) is 15.9. The van der Waals surface area contributed by atoms with Crippen molar-refractivity contribution in [2.75, 3.05) is 26.2 Å². The van der Waals surface area contributed by atoms with Crippen molar-refractivity contribution in [1.29, 1.82) is 0 Å². The quantitative estimate of drug-likeness (QED) is 0.597. The predicted molar refractivity (Wildman–Crippen MR) is 105 cm³/mol. The molecule has 0 spiro atoms. The van der Waals surface area contributed by atoms with Crippen molar-refractivity contribution in [3.05, 3.63) is 57.9 Å². The van der Waals surface area contributed by atoms with Crippen molar-refractivity contribution in [2.24, 2.45) is 0 Å². The summed E-state index contributed by atoms with van der Waals surface area (Å²) < 4.78 is 14.1. The second-order valence-corrected chi connectivity index (χ2v) is 7.86. The summed E-state index contributed by atoms with van der Waals surface area (Å²) in [6.07, 6.45) is 3.58. The topological polar surface area (TPSA) is 80.5 Å². The van der Waals surface area contributed by atoms with Crippen LogP contribution in [-0.2, 0) is 13.1 Å². The molecule has 1 aliphatic rings. The van der Waals surface area contributed by atoms with Gasteiger partial charge in [0.2, 0.25) is 5.89 Å². The lowest BCUT2D eigenvalue weighted by molar-refractivity contribution is 0.0585. The van der Waals surface area contributed by atoms with Crippen LogP contribution in [0.2, 0.25) is 0 Å². The van der Waals surface area contributed by atoms with E-state index in [9.17, 15) is 4.79 Å². The van der Waals surface area contributed by atoms with Gasteiger partial charge in [0.15, 0.2) is 5.76 Å². The van der Waals surface area contributed by atoms with E-state index in [2.05, 4.69) is 30.9 Å². The molecule has 0 atom stereocenters. The van der Waals surface area contributed by atoms with Gasteiger partial charge in [-0.3, -0.25) is 14.4 Å². The molecule has 1 amide bonds. The highest BCUT2D eigenvalue weighted by molar-refractivity contribution is 9.10. The van der Waals surface area contributed by atoms with Crippen LogP contribution in [-0.4, -0.2) is 56.7 Å². The lowest BCUT2D eigenvalue weighted by Crippen LogP contribution is -2.48. The molecule has 0 unspecified atom stereocenters. The van der Waals surface area contributed by atoms with Crippen molar-refractivity contribution in [2.45, 2.75) is 26.9 Å². The lowest BCUT2D eigenvalue weighted by atomic mass is 10.3. The summed E-state index contributed by atoms with van der Waals surface area (Å²) >= 11 is 3.37. The Bertz CT molecular complexity index is 949. The number of carbonyl (C=O) groups excluding carboxylic acids is 1. The summed E-state index contributed by atoms with van der Waals surface area (Å²) in [4.78, 5) is 21.2. The molecule has 1 aliphatic heterocycles. The largest absolute Gasteiger partial charge is 0.454 e. The number of halogens is 1. The van der Waals surface area contributed by atoms with E-state index in [0.29, 0.717) is 37.7 Å². The van der Waals surface area contributed by atoms with Gasteiger partial charge >= 0.3 is 0 Å². The molecule has 4 rings (SSSR count). The number of piperazine rings is 1. The Hall–Kier alpha value is -2.39.